The zero-order valence-electron chi connectivity index (χ0n) is 17.9. The zero-order chi connectivity index (χ0) is 22.7. The van der Waals surface area contributed by atoms with Crippen LogP contribution in [0.3, 0.4) is 0 Å². The number of hydrogen-bond acceptors (Lipinski definition) is 7. The Bertz CT molecular complexity index is 1210. The standard InChI is InChI=1S/C22H22FN7O2/c1-22(2,3)16-13-17(30(28-16)21-24-11-4-12-25-21)26-18(31)9-10-19-27-20(29-32-19)14-5-7-15(23)8-6-14/h4-8,11-13H,9-10H2,1-3H3,(H,26,31). The van der Waals surface area contributed by atoms with Crippen LogP contribution in [0.2, 0.25) is 0 Å². The third-order valence-corrected chi connectivity index (χ3v) is 4.62. The molecular formula is C22H22FN7O2. The quantitative estimate of drug-likeness (QED) is 0.491. The van der Waals surface area contributed by atoms with Gasteiger partial charge in [-0.05, 0) is 30.3 Å². The summed E-state index contributed by atoms with van der Waals surface area (Å²) in [7, 11) is 0. The Balaban J connectivity index is 1.45. The van der Waals surface area contributed by atoms with Gasteiger partial charge in [0.2, 0.25) is 17.6 Å². The molecule has 4 aromatic rings. The number of anilines is 1. The molecule has 10 heteroatoms. The van der Waals surface area contributed by atoms with Gasteiger partial charge in [-0.25, -0.2) is 14.4 Å². The van der Waals surface area contributed by atoms with Crippen molar-refractivity contribution in [2.24, 2.45) is 0 Å². The topological polar surface area (TPSA) is 112 Å². The molecule has 1 aromatic carbocycles. The fraction of sp³-hybridized carbons (Fsp3) is 0.273. The minimum absolute atomic E-state index is 0.122. The highest BCUT2D eigenvalue weighted by atomic mass is 19.1. The van der Waals surface area contributed by atoms with Crippen molar-refractivity contribution in [2.45, 2.75) is 39.0 Å². The predicted molar refractivity (Wildman–Crippen MR) is 114 cm³/mol. The number of aryl methyl sites for hydroxylation is 1. The highest BCUT2D eigenvalue weighted by molar-refractivity contribution is 5.90. The molecule has 0 spiro atoms. The monoisotopic (exact) mass is 435 g/mol. The lowest BCUT2D eigenvalue weighted by Gasteiger charge is -2.13. The molecule has 0 fully saturated rings. The van der Waals surface area contributed by atoms with E-state index >= 15 is 0 Å². The van der Waals surface area contributed by atoms with Crippen LogP contribution in [-0.4, -0.2) is 35.8 Å². The lowest BCUT2D eigenvalue weighted by molar-refractivity contribution is -0.116. The van der Waals surface area contributed by atoms with E-state index in [2.05, 4.69) is 30.5 Å². The molecule has 0 saturated heterocycles. The molecule has 4 rings (SSSR count). The van der Waals surface area contributed by atoms with Gasteiger partial charge in [0.25, 0.3) is 5.95 Å². The average Bonchev–Trinajstić information content (AvgIpc) is 3.41. The molecule has 0 aliphatic rings. The van der Waals surface area contributed by atoms with Gasteiger partial charge < -0.3 is 9.84 Å². The van der Waals surface area contributed by atoms with Crippen molar-refractivity contribution in [1.29, 1.82) is 0 Å². The van der Waals surface area contributed by atoms with Gasteiger partial charge >= 0.3 is 0 Å². The fourth-order valence-electron chi connectivity index (χ4n) is 2.89. The van der Waals surface area contributed by atoms with Crippen LogP contribution in [0.1, 0.15) is 38.8 Å². The first kappa shape index (κ1) is 21.3. The number of benzene rings is 1. The molecule has 0 aliphatic carbocycles. The molecule has 3 aromatic heterocycles. The summed E-state index contributed by atoms with van der Waals surface area (Å²) in [5.74, 6) is 0.903. The van der Waals surface area contributed by atoms with Crippen LogP contribution in [0.25, 0.3) is 17.3 Å². The van der Waals surface area contributed by atoms with Gasteiger partial charge in [0.05, 0.1) is 5.69 Å². The Morgan fingerprint density at radius 3 is 2.56 bits per heavy atom. The molecule has 1 N–H and O–H groups in total. The Morgan fingerprint density at radius 1 is 1.16 bits per heavy atom. The maximum Gasteiger partial charge on any atom is 0.252 e. The Morgan fingerprint density at radius 2 is 1.88 bits per heavy atom. The molecule has 0 atom stereocenters. The van der Waals surface area contributed by atoms with Crippen LogP contribution in [0.4, 0.5) is 10.2 Å². The van der Waals surface area contributed by atoms with E-state index in [1.54, 1.807) is 30.6 Å². The molecule has 3 heterocycles. The minimum Gasteiger partial charge on any atom is -0.339 e. The van der Waals surface area contributed by atoms with Gasteiger partial charge in [-0.15, -0.1) is 0 Å². The normalized spacial score (nSPS) is 11.5. The highest BCUT2D eigenvalue weighted by Crippen LogP contribution is 2.25. The second-order valence-electron chi connectivity index (χ2n) is 8.19. The van der Waals surface area contributed by atoms with Gasteiger partial charge in [-0.1, -0.05) is 25.9 Å². The van der Waals surface area contributed by atoms with Gasteiger partial charge in [-0.2, -0.15) is 14.8 Å². The third kappa shape index (κ3) is 4.85. The van der Waals surface area contributed by atoms with Crippen molar-refractivity contribution >= 4 is 11.7 Å². The second kappa shape index (κ2) is 8.66. The van der Waals surface area contributed by atoms with Gasteiger partial charge in [0.15, 0.2) is 0 Å². The van der Waals surface area contributed by atoms with Gasteiger partial charge in [-0.3, -0.25) is 4.79 Å². The summed E-state index contributed by atoms with van der Waals surface area (Å²) >= 11 is 0. The summed E-state index contributed by atoms with van der Waals surface area (Å²) < 4.78 is 19.8. The predicted octanol–water partition coefficient (Wildman–Crippen LogP) is 3.72. The molecule has 0 bridgehead atoms. The van der Waals surface area contributed by atoms with E-state index in [1.807, 2.05) is 26.8 Å². The molecule has 0 unspecified atom stereocenters. The van der Waals surface area contributed by atoms with Gasteiger partial charge in [0, 0.05) is 42.3 Å². The van der Waals surface area contributed by atoms with Crippen LogP contribution < -0.4 is 5.32 Å². The summed E-state index contributed by atoms with van der Waals surface area (Å²) in [6, 6.07) is 9.30. The summed E-state index contributed by atoms with van der Waals surface area (Å²) in [6.07, 6.45) is 3.60. The molecule has 32 heavy (non-hydrogen) atoms. The summed E-state index contributed by atoms with van der Waals surface area (Å²) in [4.78, 5) is 25.3. The smallest absolute Gasteiger partial charge is 0.252 e. The molecule has 9 nitrogen and oxygen atoms in total. The number of rotatable bonds is 6. The number of nitrogens with zero attached hydrogens (tertiary/aromatic N) is 6. The molecule has 0 aliphatic heterocycles. The van der Waals surface area contributed by atoms with E-state index in [0.29, 0.717) is 29.0 Å². The number of carbonyl (C=O) groups is 1. The Hall–Kier alpha value is -3.95. The van der Waals surface area contributed by atoms with E-state index in [1.165, 1.54) is 16.8 Å². The van der Waals surface area contributed by atoms with E-state index < -0.39 is 0 Å². The molecule has 164 valence electrons. The Labute approximate surface area is 183 Å². The average molecular weight is 435 g/mol. The number of amides is 1. The van der Waals surface area contributed by atoms with Crippen LogP contribution >= 0.6 is 0 Å². The number of carbonyl (C=O) groups excluding carboxylic acids is 1. The van der Waals surface area contributed by atoms with E-state index in [-0.39, 0.29) is 30.0 Å². The fourth-order valence-corrected chi connectivity index (χ4v) is 2.89. The molecule has 0 saturated carbocycles. The second-order valence-corrected chi connectivity index (χ2v) is 8.19. The van der Waals surface area contributed by atoms with Crippen molar-refractivity contribution in [3.8, 4) is 17.3 Å². The lowest BCUT2D eigenvalue weighted by Crippen LogP contribution is -2.16. The van der Waals surface area contributed by atoms with Crippen LogP contribution in [0.5, 0.6) is 0 Å². The first-order chi connectivity index (χ1) is 15.3. The third-order valence-electron chi connectivity index (χ3n) is 4.62. The van der Waals surface area contributed by atoms with E-state index in [4.69, 9.17) is 4.52 Å². The number of aromatic nitrogens is 6. The van der Waals surface area contributed by atoms with Gasteiger partial charge in [0.1, 0.15) is 11.6 Å². The maximum absolute atomic E-state index is 13.1. The Kier molecular flexibility index (Phi) is 5.76. The maximum atomic E-state index is 13.1. The molecular weight excluding hydrogens is 413 g/mol. The summed E-state index contributed by atoms with van der Waals surface area (Å²) in [6.45, 7) is 6.10. The van der Waals surface area contributed by atoms with E-state index in [9.17, 15) is 9.18 Å². The number of hydrogen-bond donors (Lipinski definition) is 1. The van der Waals surface area contributed by atoms with Crippen molar-refractivity contribution < 1.29 is 13.7 Å². The summed E-state index contributed by atoms with van der Waals surface area (Å²) in [5, 5.41) is 11.3. The number of halogens is 1. The molecule has 0 radical (unpaired) electrons. The van der Waals surface area contributed by atoms with Crippen molar-refractivity contribution in [3.05, 3.63) is 66.2 Å². The number of nitrogens with one attached hydrogen (secondary N) is 1. The van der Waals surface area contributed by atoms with Crippen molar-refractivity contribution in [3.63, 3.8) is 0 Å². The van der Waals surface area contributed by atoms with Crippen LogP contribution in [0.15, 0.2) is 53.3 Å². The van der Waals surface area contributed by atoms with Crippen molar-refractivity contribution in [1.82, 2.24) is 29.9 Å². The highest BCUT2D eigenvalue weighted by Gasteiger charge is 2.22. The van der Waals surface area contributed by atoms with E-state index in [0.717, 1.165) is 5.69 Å². The SMILES string of the molecule is CC(C)(C)c1cc(NC(=O)CCc2nc(-c3ccc(F)cc3)no2)n(-c2ncccn2)n1. The summed E-state index contributed by atoms with van der Waals surface area (Å²) in [5.41, 5.74) is 1.20. The first-order valence-electron chi connectivity index (χ1n) is 10.1. The van der Waals surface area contributed by atoms with Crippen LogP contribution in [-0.2, 0) is 16.6 Å². The largest absolute Gasteiger partial charge is 0.339 e. The first-order valence-corrected chi connectivity index (χ1v) is 10.1. The van der Waals surface area contributed by atoms with Crippen molar-refractivity contribution in [2.75, 3.05) is 5.32 Å². The zero-order valence-corrected chi connectivity index (χ0v) is 17.9. The van der Waals surface area contributed by atoms with Crippen LogP contribution in [0, 0.1) is 5.82 Å². The minimum atomic E-state index is -0.344. The lowest BCUT2D eigenvalue weighted by atomic mass is 9.92. The molecule has 1 amide bonds.